The first-order chi connectivity index (χ1) is 10.5. The van der Waals surface area contributed by atoms with E-state index in [1.807, 2.05) is 30.3 Å². The molecule has 23 heavy (non-hydrogen) atoms. The van der Waals surface area contributed by atoms with Crippen molar-refractivity contribution in [3.8, 4) is 0 Å². The molecule has 1 aromatic carbocycles. The number of rotatable bonds is 3. The molecule has 0 saturated heterocycles. The van der Waals surface area contributed by atoms with Gasteiger partial charge in [-0.15, -0.1) is 0 Å². The second kappa shape index (κ2) is 5.84. The van der Waals surface area contributed by atoms with Crippen LogP contribution in [0.1, 0.15) is 12.5 Å². The second-order valence-corrected chi connectivity index (χ2v) is 18.8. The maximum absolute atomic E-state index is 13.2. The van der Waals surface area contributed by atoms with E-state index in [-0.39, 0.29) is 11.6 Å². The summed E-state index contributed by atoms with van der Waals surface area (Å²) in [6.07, 6.45) is 0. The Hall–Kier alpha value is -1.53. The third kappa shape index (κ3) is 3.24. The van der Waals surface area contributed by atoms with E-state index in [0.717, 1.165) is 5.56 Å². The summed E-state index contributed by atoms with van der Waals surface area (Å²) in [5.74, 6) is -0.104. The number of allylic oxidation sites excluding steroid dienone is 3. The fraction of sp³-hybridized carbons (Fsp3) is 0.368. The molecule has 0 radical (unpaired) electrons. The van der Waals surface area contributed by atoms with Gasteiger partial charge in [-0.3, -0.25) is 9.59 Å². The van der Waals surface area contributed by atoms with Gasteiger partial charge in [0.15, 0.2) is 11.6 Å². The van der Waals surface area contributed by atoms with E-state index in [9.17, 15) is 9.59 Å². The summed E-state index contributed by atoms with van der Waals surface area (Å²) >= 11 is 0. The lowest BCUT2D eigenvalue weighted by molar-refractivity contribution is -0.115. The van der Waals surface area contributed by atoms with Crippen molar-refractivity contribution >= 4 is 33.3 Å². The topological polar surface area (TPSA) is 34.1 Å². The first-order valence-electron chi connectivity index (χ1n) is 8.07. The minimum Gasteiger partial charge on any atom is -0.289 e. The van der Waals surface area contributed by atoms with Gasteiger partial charge in [-0.05, 0) is 12.5 Å². The molecule has 2 nitrogen and oxygen atoms in total. The molecule has 0 saturated carbocycles. The molecule has 2 rings (SSSR count). The molecule has 1 aliphatic carbocycles. The summed E-state index contributed by atoms with van der Waals surface area (Å²) < 4.78 is 0. The molecule has 0 amide bonds. The molecule has 0 N–H and O–H groups in total. The number of hydrogen-bond acceptors (Lipinski definition) is 2. The Morgan fingerprint density at radius 2 is 1.26 bits per heavy atom. The first-order valence-corrected chi connectivity index (χ1v) is 15.1. The third-order valence-electron chi connectivity index (χ3n) is 4.21. The Bertz CT molecular complexity index is 711. The summed E-state index contributed by atoms with van der Waals surface area (Å²) in [5.41, 5.74) is 2.55. The average molecular weight is 343 g/mol. The molecule has 0 bridgehead atoms. The van der Waals surface area contributed by atoms with E-state index in [0.29, 0.717) is 16.7 Å². The zero-order chi connectivity index (χ0) is 17.6. The van der Waals surface area contributed by atoms with Crippen LogP contribution < -0.4 is 0 Å². The fourth-order valence-corrected chi connectivity index (χ4v) is 14.7. The molecule has 0 atom stereocenters. The normalized spacial score (nSPS) is 16.4. The van der Waals surface area contributed by atoms with Crippen LogP contribution in [0.25, 0.3) is 5.57 Å². The highest BCUT2D eigenvalue weighted by molar-refractivity contribution is 7.05. The Morgan fingerprint density at radius 3 is 1.70 bits per heavy atom. The smallest absolute Gasteiger partial charge is 0.197 e. The monoisotopic (exact) mass is 342 g/mol. The standard InChI is InChI=1S/C19H26O2Si2/c1-13-15(14-11-9-8-10-12-14)18(21)16(17(13)20)19(22(2,3)4)23(5,6)7/h8-12H,1-7H3. The number of Topliss-reactive ketones (excluding diaryl/α,β-unsaturated/α-hetero) is 2. The number of carbonyl (C=O) groups excluding carboxylic acids is 2. The van der Waals surface area contributed by atoms with Crippen LogP contribution in [-0.2, 0) is 9.59 Å². The van der Waals surface area contributed by atoms with Gasteiger partial charge in [-0.1, -0.05) is 74.4 Å². The van der Waals surface area contributed by atoms with Gasteiger partial charge in [0.25, 0.3) is 0 Å². The van der Waals surface area contributed by atoms with Crippen molar-refractivity contribution in [1.29, 1.82) is 0 Å². The molecule has 0 fully saturated rings. The summed E-state index contributed by atoms with van der Waals surface area (Å²) in [7, 11) is -3.52. The molecular weight excluding hydrogens is 316 g/mol. The van der Waals surface area contributed by atoms with Crippen LogP contribution in [0.15, 0.2) is 46.3 Å². The zero-order valence-electron chi connectivity index (χ0n) is 15.2. The minimum absolute atomic E-state index is 0.0475. The van der Waals surface area contributed by atoms with Gasteiger partial charge in [0, 0.05) is 11.1 Å². The van der Waals surface area contributed by atoms with Crippen molar-refractivity contribution in [2.24, 2.45) is 0 Å². The predicted octanol–water partition coefficient (Wildman–Crippen LogP) is 4.66. The van der Waals surface area contributed by atoms with Gasteiger partial charge < -0.3 is 0 Å². The number of benzene rings is 1. The maximum Gasteiger partial charge on any atom is 0.197 e. The quantitative estimate of drug-likeness (QED) is 0.455. The fourth-order valence-electron chi connectivity index (χ4n) is 3.75. The predicted molar refractivity (Wildman–Crippen MR) is 103 cm³/mol. The number of carbonyl (C=O) groups is 2. The van der Waals surface area contributed by atoms with Crippen molar-refractivity contribution in [2.45, 2.75) is 46.2 Å². The number of hydrogen-bond donors (Lipinski definition) is 0. The van der Waals surface area contributed by atoms with E-state index in [2.05, 4.69) is 39.3 Å². The van der Waals surface area contributed by atoms with Crippen molar-refractivity contribution in [3.05, 3.63) is 51.9 Å². The van der Waals surface area contributed by atoms with Gasteiger partial charge >= 0.3 is 0 Å². The van der Waals surface area contributed by atoms with Gasteiger partial charge in [0.05, 0.1) is 21.7 Å². The summed E-state index contributed by atoms with van der Waals surface area (Å²) in [6, 6.07) is 9.57. The lowest BCUT2D eigenvalue weighted by Crippen LogP contribution is -2.42. The second-order valence-electron chi connectivity index (χ2n) is 8.27. The first kappa shape index (κ1) is 17.8. The molecule has 0 heterocycles. The maximum atomic E-state index is 13.2. The highest BCUT2D eigenvalue weighted by atomic mass is 28.4. The van der Waals surface area contributed by atoms with Crippen LogP contribution in [0, 0.1) is 0 Å². The van der Waals surface area contributed by atoms with Crippen molar-refractivity contribution in [2.75, 3.05) is 0 Å². The molecule has 0 spiro atoms. The van der Waals surface area contributed by atoms with E-state index >= 15 is 0 Å². The Labute approximate surface area is 141 Å². The molecule has 1 aliphatic rings. The van der Waals surface area contributed by atoms with E-state index in [1.54, 1.807) is 6.92 Å². The zero-order valence-corrected chi connectivity index (χ0v) is 17.2. The van der Waals surface area contributed by atoms with Crippen molar-refractivity contribution in [1.82, 2.24) is 0 Å². The van der Waals surface area contributed by atoms with Crippen LogP contribution in [0.2, 0.25) is 39.3 Å². The molecular formula is C19H26O2Si2. The van der Waals surface area contributed by atoms with Crippen molar-refractivity contribution in [3.63, 3.8) is 0 Å². The summed E-state index contributed by atoms with van der Waals surface area (Å²) in [5, 5.41) is 0. The lowest BCUT2D eigenvalue weighted by atomic mass is 10.0. The SMILES string of the molecule is CC1=C(c2ccccc2)C(=O)C(=C([Si](C)(C)C)[Si](C)(C)C)C1=O. The Morgan fingerprint density at radius 1 is 0.783 bits per heavy atom. The van der Waals surface area contributed by atoms with Gasteiger partial charge in [0.1, 0.15) is 0 Å². The molecule has 0 aliphatic heterocycles. The number of ketones is 2. The largest absolute Gasteiger partial charge is 0.289 e. The summed E-state index contributed by atoms with van der Waals surface area (Å²) in [4.78, 5) is 27.3. The highest BCUT2D eigenvalue weighted by Crippen LogP contribution is 2.38. The van der Waals surface area contributed by atoms with Crippen molar-refractivity contribution < 1.29 is 9.59 Å². The van der Waals surface area contributed by atoms with Crippen LogP contribution in [0.4, 0.5) is 0 Å². The van der Waals surface area contributed by atoms with Gasteiger partial charge in [-0.2, -0.15) is 0 Å². The Balaban J connectivity index is 2.73. The average Bonchev–Trinajstić information content (AvgIpc) is 2.61. The van der Waals surface area contributed by atoms with E-state index < -0.39 is 16.1 Å². The van der Waals surface area contributed by atoms with Gasteiger partial charge in [-0.25, -0.2) is 0 Å². The van der Waals surface area contributed by atoms with E-state index in [4.69, 9.17) is 0 Å². The van der Waals surface area contributed by atoms with E-state index in [1.165, 1.54) is 4.82 Å². The Kier molecular flexibility index (Phi) is 4.52. The van der Waals surface area contributed by atoms with Crippen LogP contribution >= 0.6 is 0 Å². The molecule has 4 heteroatoms. The molecule has 0 unspecified atom stereocenters. The van der Waals surface area contributed by atoms with Crippen LogP contribution in [0.3, 0.4) is 0 Å². The van der Waals surface area contributed by atoms with Crippen LogP contribution in [0.5, 0.6) is 0 Å². The van der Waals surface area contributed by atoms with Crippen LogP contribution in [-0.4, -0.2) is 27.7 Å². The molecule has 122 valence electrons. The molecule has 1 aromatic rings. The molecule has 0 aromatic heterocycles. The highest BCUT2D eigenvalue weighted by Gasteiger charge is 2.43. The minimum atomic E-state index is -1.76. The third-order valence-corrected chi connectivity index (χ3v) is 12.2. The lowest BCUT2D eigenvalue weighted by Gasteiger charge is -2.32. The summed E-state index contributed by atoms with van der Waals surface area (Å²) in [6.45, 7) is 15.2. The van der Waals surface area contributed by atoms with Gasteiger partial charge in [0.2, 0.25) is 0 Å².